The van der Waals surface area contributed by atoms with Gasteiger partial charge in [0.25, 0.3) is 5.91 Å². The molecule has 0 aromatic heterocycles. The maximum atomic E-state index is 12.8. The van der Waals surface area contributed by atoms with E-state index in [4.69, 9.17) is 0 Å². The van der Waals surface area contributed by atoms with E-state index < -0.39 is 0 Å². The fourth-order valence-corrected chi connectivity index (χ4v) is 3.60. The van der Waals surface area contributed by atoms with Crippen molar-refractivity contribution >= 4 is 23.0 Å². The second kappa shape index (κ2) is 9.26. The molecule has 4 rings (SSSR count). The predicted molar refractivity (Wildman–Crippen MR) is 118 cm³/mol. The highest BCUT2D eigenvalue weighted by Gasteiger charge is 2.20. The van der Waals surface area contributed by atoms with E-state index in [9.17, 15) is 4.79 Å². The fraction of sp³-hybridized carbons (Fsp3) is 0.208. The molecule has 5 nitrogen and oxygen atoms in total. The van der Waals surface area contributed by atoms with Crippen molar-refractivity contribution in [2.24, 2.45) is 0 Å². The van der Waals surface area contributed by atoms with Crippen molar-refractivity contribution < 1.29 is 4.79 Å². The molecule has 29 heavy (non-hydrogen) atoms. The minimum atomic E-state index is -0.00846. The van der Waals surface area contributed by atoms with Crippen LogP contribution in [0.25, 0.3) is 0 Å². The normalized spacial score (nSPS) is 14.4. The lowest BCUT2D eigenvalue weighted by molar-refractivity contribution is -0.122. The summed E-state index contributed by atoms with van der Waals surface area (Å²) in [6.45, 7) is 3.99. The number of carbonyl (C=O) groups excluding carboxylic acids is 1. The molecule has 0 atom stereocenters. The molecular weight excluding hydrogens is 360 g/mol. The molecule has 3 aromatic rings. The number of piperazine rings is 1. The third-order valence-corrected chi connectivity index (χ3v) is 5.13. The van der Waals surface area contributed by atoms with Crippen LogP contribution in [-0.4, -0.2) is 43.5 Å². The molecule has 1 amide bonds. The SMILES string of the molecule is O=C(CN1CCN(c2ccccc2)CC1)NN(c1ccccc1)c1ccccc1. The molecular formula is C24H26N4O. The zero-order valence-corrected chi connectivity index (χ0v) is 16.4. The lowest BCUT2D eigenvalue weighted by Gasteiger charge is -2.36. The molecule has 0 radical (unpaired) electrons. The summed E-state index contributed by atoms with van der Waals surface area (Å²) in [6.07, 6.45) is 0. The van der Waals surface area contributed by atoms with Crippen molar-refractivity contribution in [3.05, 3.63) is 91.0 Å². The van der Waals surface area contributed by atoms with Gasteiger partial charge in [-0.1, -0.05) is 54.6 Å². The number of hydrogen-bond donors (Lipinski definition) is 1. The number of hydrazine groups is 1. The predicted octanol–water partition coefficient (Wildman–Crippen LogP) is 3.68. The lowest BCUT2D eigenvalue weighted by Crippen LogP contribution is -2.51. The number of nitrogens with zero attached hydrogens (tertiary/aromatic N) is 3. The summed E-state index contributed by atoms with van der Waals surface area (Å²) in [4.78, 5) is 17.4. The van der Waals surface area contributed by atoms with Crippen molar-refractivity contribution in [3.63, 3.8) is 0 Å². The summed E-state index contributed by atoms with van der Waals surface area (Å²) in [6, 6.07) is 30.3. The highest BCUT2D eigenvalue weighted by atomic mass is 16.2. The van der Waals surface area contributed by atoms with E-state index in [0.29, 0.717) is 6.54 Å². The van der Waals surface area contributed by atoms with Crippen LogP contribution < -0.4 is 15.3 Å². The van der Waals surface area contributed by atoms with E-state index in [2.05, 4.69) is 39.5 Å². The highest BCUT2D eigenvalue weighted by molar-refractivity contribution is 5.82. The number of para-hydroxylation sites is 3. The quantitative estimate of drug-likeness (QED) is 0.656. The summed E-state index contributed by atoms with van der Waals surface area (Å²) in [5.74, 6) is -0.00846. The Kier molecular flexibility index (Phi) is 6.07. The molecule has 0 bridgehead atoms. The molecule has 1 aliphatic heterocycles. The van der Waals surface area contributed by atoms with E-state index in [1.807, 2.05) is 71.7 Å². The third-order valence-electron chi connectivity index (χ3n) is 5.13. The Balaban J connectivity index is 1.37. The first kappa shape index (κ1) is 19.0. The van der Waals surface area contributed by atoms with E-state index in [0.717, 1.165) is 37.6 Å². The zero-order chi connectivity index (χ0) is 19.9. The first-order chi connectivity index (χ1) is 14.3. The van der Waals surface area contributed by atoms with Crippen LogP contribution in [0.3, 0.4) is 0 Å². The number of nitrogens with one attached hydrogen (secondary N) is 1. The second-order valence-corrected chi connectivity index (χ2v) is 7.14. The standard InChI is InChI=1S/C24H26N4O/c29-24(20-26-16-18-27(19-17-26)21-10-4-1-5-11-21)25-28(22-12-6-2-7-13-22)23-14-8-3-9-15-23/h1-15H,16-20H2,(H,25,29). The Morgan fingerprint density at radius 3 is 1.72 bits per heavy atom. The monoisotopic (exact) mass is 386 g/mol. The van der Waals surface area contributed by atoms with Gasteiger partial charge in [0.15, 0.2) is 0 Å². The number of amides is 1. The Morgan fingerprint density at radius 1 is 0.724 bits per heavy atom. The average molecular weight is 386 g/mol. The van der Waals surface area contributed by atoms with Gasteiger partial charge in [0.05, 0.1) is 17.9 Å². The molecule has 5 heteroatoms. The van der Waals surface area contributed by atoms with Crippen molar-refractivity contribution in [3.8, 4) is 0 Å². The maximum Gasteiger partial charge on any atom is 0.252 e. The first-order valence-corrected chi connectivity index (χ1v) is 10.0. The molecule has 0 unspecified atom stereocenters. The summed E-state index contributed by atoms with van der Waals surface area (Å²) < 4.78 is 0. The highest BCUT2D eigenvalue weighted by Crippen LogP contribution is 2.22. The van der Waals surface area contributed by atoms with Crippen LogP contribution in [0.5, 0.6) is 0 Å². The summed E-state index contributed by atoms with van der Waals surface area (Å²) in [7, 11) is 0. The van der Waals surface area contributed by atoms with Gasteiger partial charge < -0.3 is 4.90 Å². The van der Waals surface area contributed by atoms with Crippen molar-refractivity contribution in [1.29, 1.82) is 0 Å². The van der Waals surface area contributed by atoms with E-state index in [1.165, 1.54) is 5.69 Å². The van der Waals surface area contributed by atoms with E-state index >= 15 is 0 Å². The van der Waals surface area contributed by atoms with Gasteiger partial charge in [-0.25, -0.2) is 0 Å². The fourth-order valence-electron chi connectivity index (χ4n) is 3.60. The van der Waals surface area contributed by atoms with Gasteiger partial charge in [0.2, 0.25) is 0 Å². The largest absolute Gasteiger partial charge is 0.369 e. The van der Waals surface area contributed by atoms with Gasteiger partial charge in [-0.15, -0.1) is 0 Å². The molecule has 1 saturated heterocycles. The van der Waals surface area contributed by atoms with Crippen LogP contribution in [0.4, 0.5) is 17.1 Å². The Bertz CT molecular complexity index is 854. The summed E-state index contributed by atoms with van der Waals surface area (Å²) in [5.41, 5.74) is 6.19. The van der Waals surface area contributed by atoms with Crippen molar-refractivity contribution in [2.45, 2.75) is 0 Å². The topological polar surface area (TPSA) is 38.8 Å². The van der Waals surface area contributed by atoms with Gasteiger partial charge in [-0.05, 0) is 36.4 Å². The minimum absolute atomic E-state index is 0.00846. The van der Waals surface area contributed by atoms with Gasteiger partial charge in [0.1, 0.15) is 0 Å². The molecule has 1 heterocycles. The Labute approximate surface area is 172 Å². The first-order valence-electron chi connectivity index (χ1n) is 10.0. The van der Waals surface area contributed by atoms with Crippen LogP contribution in [0.15, 0.2) is 91.0 Å². The molecule has 1 aliphatic rings. The number of carbonyl (C=O) groups is 1. The van der Waals surface area contributed by atoms with Gasteiger partial charge in [0, 0.05) is 31.9 Å². The van der Waals surface area contributed by atoms with Crippen molar-refractivity contribution in [1.82, 2.24) is 10.3 Å². The summed E-state index contributed by atoms with van der Waals surface area (Å²) in [5, 5.41) is 1.85. The Hall–Kier alpha value is -3.31. The Morgan fingerprint density at radius 2 is 1.21 bits per heavy atom. The van der Waals surface area contributed by atoms with Crippen LogP contribution in [0.1, 0.15) is 0 Å². The minimum Gasteiger partial charge on any atom is -0.369 e. The second-order valence-electron chi connectivity index (χ2n) is 7.14. The van der Waals surface area contributed by atoms with Crippen LogP contribution >= 0.6 is 0 Å². The number of anilines is 3. The van der Waals surface area contributed by atoms with Gasteiger partial charge in [-0.2, -0.15) is 0 Å². The van der Waals surface area contributed by atoms with E-state index in [1.54, 1.807) is 0 Å². The molecule has 0 spiro atoms. The van der Waals surface area contributed by atoms with Crippen LogP contribution in [-0.2, 0) is 4.79 Å². The van der Waals surface area contributed by atoms with Crippen LogP contribution in [0, 0.1) is 0 Å². The molecule has 1 fully saturated rings. The smallest absolute Gasteiger partial charge is 0.252 e. The number of rotatable bonds is 6. The summed E-state index contributed by atoms with van der Waals surface area (Å²) >= 11 is 0. The lowest BCUT2D eigenvalue weighted by atomic mass is 10.2. The molecule has 0 aliphatic carbocycles. The number of benzene rings is 3. The van der Waals surface area contributed by atoms with Crippen LogP contribution in [0.2, 0.25) is 0 Å². The molecule has 3 aromatic carbocycles. The number of hydrogen-bond acceptors (Lipinski definition) is 4. The van der Waals surface area contributed by atoms with Gasteiger partial charge in [-0.3, -0.25) is 20.1 Å². The van der Waals surface area contributed by atoms with Crippen molar-refractivity contribution in [2.75, 3.05) is 42.6 Å². The third kappa shape index (κ3) is 4.95. The molecule has 0 saturated carbocycles. The zero-order valence-electron chi connectivity index (χ0n) is 16.4. The van der Waals surface area contributed by atoms with Gasteiger partial charge >= 0.3 is 0 Å². The van der Waals surface area contributed by atoms with E-state index in [-0.39, 0.29) is 5.91 Å². The molecule has 1 N–H and O–H groups in total. The maximum absolute atomic E-state index is 12.8. The molecule has 148 valence electrons. The average Bonchev–Trinajstić information content (AvgIpc) is 2.80.